The van der Waals surface area contributed by atoms with Crippen LogP contribution in [0.3, 0.4) is 0 Å². The van der Waals surface area contributed by atoms with Gasteiger partial charge in [0.25, 0.3) is 5.91 Å². The highest BCUT2D eigenvalue weighted by atomic mass is 16.2. The minimum absolute atomic E-state index is 0.0320. The summed E-state index contributed by atoms with van der Waals surface area (Å²) in [5, 5.41) is 11.3. The summed E-state index contributed by atoms with van der Waals surface area (Å²) in [6.07, 6.45) is 3.72. The van der Waals surface area contributed by atoms with Gasteiger partial charge >= 0.3 is 0 Å². The number of rotatable bonds is 4. The van der Waals surface area contributed by atoms with E-state index in [4.69, 9.17) is 0 Å². The number of para-hydroxylation sites is 1. The third-order valence-electron chi connectivity index (χ3n) is 4.78. The molecule has 1 aliphatic rings. The number of benzene rings is 1. The molecule has 0 radical (unpaired) electrons. The quantitative estimate of drug-likeness (QED) is 0.744. The van der Waals surface area contributed by atoms with Gasteiger partial charge in [0.15, 0.2) is 5.69 Å². The number of fused-ring (bicyclic) bond motifs is 1. The number of anilines is 1. The fourth-order valence-corrected chi connectivity index (χ4v) is 3.27. The van der Waals surface area contributed by atoms with E-state index in [-0.39, 0.29) is 11.8 Å². The second-order valence-corrected chi connectivity index (χ2v) is 6.73. The maximum Gasteiger partial charge on any atom is 0.276 e. The van der Waals surface area contributed by atoms with Gasteiger partial charge in [-0.2, -0.15) is 10.2 Å². The predicted octanol–water partition coefficient (Wildman–Crippen LogP) is 1.72. The molecule has 1 aliphatic heterocycles. The van der Waals surface area contributed by atoms with Gasteiger partial charge in [-0.15, -0.1) is 0 Å². The number of aromatic nitrogens is 5. The van der Waals surface area contributed by atoms with Gasteiger partial charge in [0.1, 0.15) is 18.7 Å². The highest BCUT2D eigenvalue weighted by molar-refractivity contribution is 6.02. The summed E-state index contributed by atoms with van der Waals surface area (Å²) in [4.78, 5) is 31.1. The Kier molecular flexibility index (Phi) is 4.88. The summed E-state index contributed by atoms with van der Waals surface area (Å²) < 4.78 is 3.36. The summed E-state index contributed by atoms with van der Waals surface area (Å²) in [5.41, 5.74) is 1.90. The van der Waals surface area contributed by atoms with Crippen LogP contribution in [0, 0.1) is 0 Å². The lowest BCUT2D eigenvalue weighted by Gasteiger charge is -2.23. The second-order valence-electron chi connectivity index (χ2n) is 6.73. The first kappa shape index (κ1) is 17.9. The Morgan fingerprint density at radius 1 is 1.18 bits per heavy atom. The zero-order chi connectivity index (χ0) is 19.5. The molecule has 0 bridgehead atoms. The lowest BCUT2D eigenvalue weighted by Crippen LogP contribution is -2.36. The smallest absolute Gasteiger partial charge is 0.276 e. The van der Waals surface area contributed by atoms with Crippen molar-refractivity contribution in [3.63, 3.8) is 0 Å². The summed E-state index contributed by atoms with van der Waals surface area (Å²) >= 11 is 0. The van der Waals surface area contributed by atoms with E-state index < -0.39 is 6.04 Å². The summed E-state index contributed by atoms with van der Waals surface area (Å²) in [6.45, 7) is 3.50. The largest absolute Gasteiger partial charge is 0.335 e. The zero-order valence-electron chi connectivity index (χ0n) is 15.5. The number of carbonyl (C=O) groups is 2. The van der Waals surface area contributed by atoms with Crippen LogP contribution in [0.2, 0.25) is 0 Å². The van der Waals surface area contributed by atoms with Gasteiger partial charge in [-0.3, -0.25) is 14.3 Å². The first-order valence-electron chi connectivity index (χ1n) is 9.18. The van der Waals surface area contributed by atoms with Crippen LogP contribution in [-0.4, -0.2) is 47.8 Å². The molecule has 9 heteroatoms. The lowest BCUT2D eigenvalue weighted by atomic mass is 10.2. The number of nitrogens with one attached hydrogen (secondary N) is 1. The molecule has 0 spiro atoms. The van der Waals surface area contributed by atoms with Crippen LogP contribution in [0.1, 0.15) is 35.6 Å². The average Bonchev–Trinajstić information content (AvgIpc) is 3.34. The molecule has 0 unspecified atom stereocenters. The Bertz CT molecular complexity index is 966. The number of hydrogen-bond acceptors (Lipinski definition) is 5. The standard InChI is InChI=1S/C19H21N7O2/c1-14(26-13-20-12-21-26)19(28)24-8-5-9-25-16(11-24)10-17(23-25)18(27)22-15-6-3-2-4-7-15/h2-4,6-7,10,12-14H,5,8-9,11H2,1H3,(H,22,27)/t14-/m1/s1. The molecule has 144 valence electrons. The lowest BCUT2D eigenvalue weighted by molar-refractivity contribution is -0.135. The summed E-state index contributed by atoms with van der Waals surface area (Å²) in [7, 11) is 0. The maximum absolute atomic E-state index is 12.9. The number of hydrogen-bond donors (Lipinski definition) is 1. The predicted molar refractivity (Wildman–Crippen MR) is 101 cm³/mol. The van der Waals surface area contributed by atoms with Gasteiger partial charge in [0, 0.05) is 18.8 Å². The first-order chi connectivity index (χ1) is 13.6. The molecule has 2 amide bonds. The van der Waals surface area contributed by atoms with Crippen LogP contribution < -0.4 is 5.32 Å². The molecular weight excluding hydrogens is 358 g/mol. The topological polar surface area (TPSA) is 97.9 Å². The fourth-order valence-electron chi connectivity index (χ4n) is 3.27. The van der Waals surface area contributed by atoms with Crippen LogP contribution in [0.4, 0.5) is 5.69 Å². The van der Waals surface area contributed by atoms with Crippen LogP contribution in [0.25, 0.3) is 0 Å². The normalized spacial score (nSPS) is 14.8. The van der Waals surface area contributed by atoms with E-state index in [1.165, 1.54) is 12.7 Å². The summed E-state index contributed by atoms with van der Waals surface area (Å²) in [5.74, 6) is -0.295. The highest BCUT2D eigenvalue weighted by Crippen LogP contribution is 2.18. The van der Waals surface area contributed by atoms with E-state index in [0.29, 0.717) is 31.0 Å². The molecule has 0 aliphatic carbocycles. The van der Waals surface area contributed by atoms with Crippen LogP contribution in [0.5, 0.6) is 0 Å². The van der Waals surface area contributed by atoms with Crippen molar-refractivity contribution in [2.24, 2.45) is 0 Å². The van der Waals surface area contributed by atoms with Gasteiger partial charge in [-0.1, -0.05) is 18.2 Å². The van der Waals surface area contributed by atoms with Crippen LogP contribution in [-0.2, 0) is 17.9 Å². The number of carbonyl (C=O) groups excluding carboxylic acids is 2. The SMILES string of the molecule is C[C@H](C(=O)N1CCCn2nc(C(=O)Nc3ccccc3)cc2C1)n1cncn1. The van der Waals surface area contributed by atoms with Gasteiger partial charge in [0.05, 0.1) is 12.2 Å². The minimum Gasteiger partial charge on any atom is -0.335 e. The van der Waals surface area contributed by atoms with Crippen molar-refractivity contribution in [3.05, 3.63) is 60.4 Å². The molecule has 0 saturated carbocycles. The van der Waals surface area contributed by atoms with Gasteiger partial charge in [-0.05, 0) is 31.5 Å². The minimum atomic E-state index is -0.433. The van der Waals surface area contributed by atoms with E-state index in [2.05, 4.69) is 20.5 Å². The Balaban J connectivity index is 1.49. The number of nitrogens with zero attached hydrogens (tertiary/aromatic N) is 6. The molecule has 1 aromatic carbocycles. The molecule has 28 heavy (non-hydrogen) atoms. The molecule has 2 aromatic heterocycles. The number of aryl methyl sites for hydroxylation is 1. The van der Waals surface area contributed by atoms with Gasteiger partial charge in [-0.25, -0.2) is 9.67 Å². The third-order valence-corrected chi connectivity index (χ3v) is 4.78. The molecule has 9 nitrogen and oxygen atoms in total. The molecule has 3 aromatic rings. The Morgan fingerprint density at radius 2 is 2.00 bits per heavy atom. The number of amides is 2. The Labute approximate surface area is 162 Å². The van der Waals surface area contributed by atoms with E-state index in [9.17, 15) is 9.59 Å². The van der Waals surface area contributed by atoms with Crippen molar-refractivity contribution in [1.29, 1.82) is 0 Å². The highest BCUT2D eigenvalue weighted by Gasteiger charge is 2.26. The van der Waals surface area contributed by atoms with Crippen molar-refractivity contribution >= 4 is 17.5 Å². The van der Waals surface area contributed by atoms with Gasteiger partial charge in [0.2, 0.25) is 5.91 Å². The van der Waals surface area contributed by atoms with Crippen molar-refractivity contribution in [2.75, 3.05) is 11.9 Å². The first-order valence-corrected chi connectivity index (χ1v) is 9.18. The molecule has 3 heterocycles. The molecule has 0 fully saturated rings. The van der Waals surface area contributed by atoms with E-state index >= 15 is 0 Å². The van der Waals surface area contributed by atoms with Crippen molar-refractivity contribution in [1.82, 2.24) is 29.4 Å². The van der Waals surface area contributed by atoms with Crippen molar-refractivity contribution in [2.45, 2.75) is 32.5 Å². The van der Waals surface area contributed by atoms with Crippen LogP contribution in [0.15, 0.2) is 49.1 Å². The Hall–Kier alpha value is -3.49. The molecule has 1 atom stereocenters. The molecular formula is C19H21N7O2. The second kappa shape index (κ2) is 7.63. The van der Waals surface area contributed by atoms with E-state index in [0.717, 1.165) is 12.1 Å². The zero-order valence-corrected chi connectivity index (χ0v) is 15.5. The Morgan fingerprint density at radius 3 is 2.75 bits per heavy atom. The van der Waals surface area contributed by atoms with E-state index in [1.807, 2.05) is 35.0 Å². The summed E-state index contributed by atoms with van der Waals surface area (Å²) in [6, 6.07) is 10.6. The average molecular weight is 379 g/mol. The molecule has 0 saturated heterocycles. The van der Waals surface area contributed by atoms with Gasteiger partial charge < -0.3 is 10.2 Å². The third kappa shape index (κ3) is 3.64. The molecule has 4 rings (SSSR count). The molecule has 1 N–H and O–H groups in total. The monoisotopic (exact) mass is 379 g/mol. The van der Waals surface area contributed by atoms with Crippen molar-refractivity contribution < 1.29 is 9.59 Å². The van der Waals surface area contributed by atoms with E-state index in [1.54, 1.807) is 22.6 Å². The fraction of sp³-hybridized carbons (Fsp3) is 0.316. The maximum atomic E-state index is 12.9. The van der Waals surface area contributed by atoms with Crippen molar-refractivity contribution in [3.8, 4) is 0 Å². The van der Waals surface area contributed by atoms with Crippen LogP contribution >= 0.6 is 0 Å².